The Morgan fingerprint density at radius 2 is 2.30 bits per heavy atom. The van der Waals surface area contributed by atoms with Gasteiger partial charge in [0.1, 0.15) is 23.8 Å². The van der Waals surface area contributed by atoms with Gasteiger partial charge in [-0.15, -0.1) is 0 Å². The largest absolute Gasteiger partial charge is 0.383 e. The van der Waals surface area contributed by atoms with Crippen LogP contribution in [0.4, 0.5) is 5.82 Å². The summed E-state index contributed by atoms with van der Waals surface area (Å²) in [6, 6.07) is 0. The van der Waals surface area contributed by atoms with Crippen LogP contribution in [-0.4, -0.2) is 55.3 Å². The molecule has 2 heterocycles. The fourth-order valence-electron chi connectivity index (χ4n) is 2.85. The Balaban J connectivity index is 2.29. The van der Waals surface area contributed by atoms with Crippen molar-refractivity contribution in [1.29, 1.82) is 0 Å². The maximum atomic E-state index is 12.1. The van der Waals surface area contributed by atoms with Gasteiger partial charge in [-0.05, 0) is 13.8 Å². The Morgan fingerprint density at radius 3 is 2.96 bits per heavy atom. The molecule has 3 atom stereocenters. The zero-order chi connectivity index (χ0) is 17.0. The van der Waals surface area contributed by atoms with Crippen molar-refractivity contribution in [3.05, 3.63) is 22.2 Å². The lowest BCUT2D eigenvalue weighted by molar-refractivity contribution is -0.240. The maximum absolute atomic E-state index is 12.1. The fraction of sp³-hybridized carbons (Fsp3) is 0.733. The number of methoxy groups -OCH3 is 2. The van der Waals surface area contributed by atoms with Gasteiger partial charge in [0.25, 0.3) is 0 Å². The minimum atomic E-state index is -0.685. The lowest BCUT2D eigenvalue weighted by Gasteiger charge is -2.43. The summed E-state index contributed by atoms with van der Waals surface area (Å²) in [5.41, 5.74) is 5.25. The number of aromatic nitrogens is 2. The highest BCUT2D eigenvalue weighted by atomic mass is 16.6. The molecular formula is C15H25N3O5. The number of hydrogen-bond donors (Lipinski definition) is 1. The van der Waals surface area contributed by atoms with Crippen molar-refractivity contribution in [3.8, 4) is 0 Å². The van der Waals surface area contributed by atoms with Crippen LogP contribution in [0.1, 0.15) is 25.1 Å². The molecule has 8 heteroatoms. The van der Waals surface area contributed by atoms with Crippen molar-refractivity contribution in [2.45, 2.75) is 38.2 Å². The van der Waals surface area contributed by atoms with Crippen LogP contribution in [-0.2, 0) is 18.9 Å². The average Bonchev–Trinajstić information content (AvgIpc) is 2.51. The molecule has 23 heavy (non-hydrogen) atoms. The van der Waals surface area contributed by atoms with Crippen molar-refractivity contribution in [2.24, 2.45) is 0 Å². The van der Waals surface area contributed by atoms with E-state index in [1.54, 1.807) is 34.3 Å². The van der Waals surface area contributed by atoms with Crippen LogP contribution in [0.2, 0.25) is 0 Å². The summed E-state index contributed by atoms with van der Waals surface area (Å²) in [5.74, 6) is 0.228. The van der Waals surface area contributed by atoms with Crippen LogP contribution < -0.4 is 11.4 Å². The Hall–Kier alpha value is -1.48. The molecule has 1 fully saturated rings. The second-order valence-electron chi connectivity index (χ2n) is 5.76. The van der Waals surface area contributed by atoms with Gasteiger partial charge in [0.15, 0.2) is 0 Å². The third-order valence-corrected chi connectivity index (χ3v) is 4.17. The van der Waals surface area contributed by atoms with E-state index in [2.05, 4.69) is 4.98 Å². The van der Waals surface area contributed by atoms with Crippen LogP contribution in [0.15, 0.2) is 11.0 Å². The summed E-state index contributed by atoms with van der Waals surface area (Å²) >= 11 is 0. The first kappa shape index (κ1) is 17.9. The van der Waals surface area contributed by atoms with Gasteiger partial charge >= 0.3 is 5.69 Å². The summed E-state index contributed by atoms with van der Waals surface area (Å²) in [5, 5.41) is 0. The molecule has 1 aromatic rings. The summed E-state index contributed by atoms with van der Waals surface area (Å²) in [7, 11) is 3.22. The number of nitrogens with zero attached hydrogens (tertiary/aromatic N) is 2. The summed E-state index contributed by atoms with van der Waals surface area (Å²) in [6.07, 6.45) is 1.44. The normalized spacial score (nSPS) is 26.2. The first-order valence-corrected chi connectivity index (χ1v) is 7.56. The predicted octanol–water partition coefficient (Wildman–Crippen LogP) is 0.490. The Morgan fingerprint density at radius 1 is 1.57 bits per heavy atom. The first-order valence-electron chi connectivity index (χ1n) is 7.56. The lowest BCUT2D eigenvalue weighted by Crippen LogP contribution is -2.56. The molecule has 0 bridgehead atoms. The Bertz CT molecular complexity index is 587. The molecule has 2 N–H and O–H groups in total. The quantitative estimate of drug-likeness (QED) is 0.812. The van der Waals surface area contributed by atoms with Gasteiger partial charge < -0.3 is 24.7 Å². The molecule has 0 radical (unpaired) electrons. The van der Waals surface area contributed by atoms with Gasteiger partial charge in [0, 0.05) is 39.0 Å². The number of anilines is 1. The maximum Gasteiger partial charge on any atom is 0.351 e. The monoisotopic (exact) mass is 327 g/mol. The molecule has 1 saturated heterocycles. The first-order chi connectivity index (χ1) is 10.9. The summed E-state index contributed by atoms with van der Waals surface area (Å²) < 4.78 is 24.0. The SMILES string of the molecule is COC[C@]1(OC(C)n2cc(C)c(N)nc2=O)CCOCC1OC. The van der Waals surface area contributed by atoms with Crippen molar-refractivity contribution < 1.29 is 18.9 Å². The van der Waals surface area contributed by atoms with E-state index in [1.807, 2.05) is 0 Å². The molecule has 1 aliphatic heterocycles. The van der Waals surface area contributed by atoms with E-state index in [9.17, 15) is 4.79 Å². The molecule has 1 aliphatic rings. The Labute approximate surface area is 135 Å². The molecule has 0 aliphatic carbocycles. The highest BCUT2D eigenvalue weighted by Crippen LogP contribution is 2.31. The predicted molar refractivity (Wildman–Crippen MR) is 84.3 cm³/mol. The highest BCUT2D eigenvalue weighted by Gasteiger charge is 2.44. The number of rotatable bonds is 6. The third-order valence-electron chi connectivity index (χ3n) is 4.17. The molecule has 2 rings (SSSR count). The molecule has 0 saturated carbocycles. The second-order valence-corrected chi connectivity index (χ2v) is 5.76. The van der Waals surface area contributed by atoms with Gasteiger partial charge in [0.05, 0.1) is 13.2 Å². The highest BCUT2D eigenvalue weighted by molar-refractivity contribution is 5.35. The minimum absolute atomic E-state index is 0.228. The van der Waals surface area contributed by atoms with Crippen molar-refractivity contribution in [3.63, 3.8) is 0 Å². The van der Waals surface area contributed by atoms with E-state index in [0.717, 1.165) is 5.56 Å². The van der Waals surface area contributed by atoms with E-state index in [-0.39, 0.29) is 11.9 Å². The van der Waals surface area contributed by atoms with Crippen LogP contribution in [0.5, 0.6) is 0 Å². The summed E-state index contributed by atoms with van der Waals surface area (Å²) in [6.45, 7) is 4.89. The van der Waals surface area contributed by atoms with E-state index >= 15 is 0 Å². The zero-order valence-electron chi connectivity index (χ0n) is 14.1. The number of nitrogen functional groups attached to an aromatic ring is 1. The van der Waals surface area contributed by atoms with E-state index in [4.69, 9.17) is 24.7 Å². The van der Waals surface area contributed by atoms with Gasteiger partial charge in [0.2, 0.25) is 0 Å². The summed E-state index contributed by atoms with van der Waals surface area (Å²) in [4.78, 5) is 15.9. The van der Waals surface area contributed by atoms with E-state index in [0.29, 0.717) is 26.2 Å². The lowest BCUT2D eigenvalue weighted by atomic mass is 9.91. The molecule has 2 unspecified atom stereocenters. The van der Waals surface area contributed by atoms with Gasteiger partial charge in [-0.2, -0.15) is 4.98 Å². The van der Waals surface area contributed by atoms with Gasteiger partial charge in [-0.1, -0.05) is 0 Å². The molecule has 0 spiro atoms. The number of nitrogens with two attached hydrogens (primary N) is 1. The minimum Gasteiger partial charge on any atom is -0.383 e. The van der Waals surface area contributed by atoms with Gasteiger partial charge in [-0.25, -0.2) is 4.79 Å². The van der Waals surface area contributed by atoms with Crippen LogP contribution >= 0.6 is 0 Å². The molecule has 130 valence electrons. The number of aryl methyl sites for hydroxylation is 1. The Kier molecular flexibility index (Phi) is 5.74. The zero-order valence-corrected chi connectivity index (χ0v) is 14.1. The van der Waals surface area contributed by atoms with Crippen molar-refractivity contribution in [1.82, 2.24) is 9.55 Å². The third kappa shape index (κ3) is 3.72. The van der Waals surface area contributed by atoms with Crippen LogP contribution in [0.25, 0.3) is 0 Å². The fourth-order valence-corrected chi connectivity index (χ4v) is 2.85. The second kappa shape index (κ2) is 7.39. The van der Waals surface area contributed by atoms with Gasteiger partial charge in [-0.3, -0.25) is 4.57 Å². The molecular weight excluding hydrogens is 302 g/mol. The molecule has 0 aromatic carbocycles. The topological polar surface area (TPSA) is 97.8 Å². The van der Waals surface area contributed by atoms with Crippen LogP contribution in [0.3, 0.4) is 0 Å². The number of hydrogen-bond acceptors (Lipinski definition) is 7. The molecule has 1 aromatic heterocycles. The van der Waals surface area contributed by atoms with Crippen molar-refractivity contribution in [2.75, 3.05) is 39.8 Å². The molecule has 8 nitrogen and oxygen atoms in total. The van der Waals surface area contributed by atoms with E-state index < -0.39 is 17.5 Å². The van der Waals surface area contributed by atoms with Crippen molar-refractivity contribution >= 4 is 5.82 Å². The van der Waals surface area contributed by atoms with Crippen LogP contribution in [0, 0.1) is 6.92 Å². The number of ether oxygens (including phenoxy) is 4. The molecule has 0 amide bonds. The average molecular weight is 327 g/mol. The smallest absolute Gasteiger partial charge is 0.351 e. The standard InChI is InChI=1S/C15H25N3O5/c1-10-7-18(14(19)17-13(10)16)11(2)23-15(9-20-3)5-6-22-8-12(15)21-4/h7,11-12H,5-6,8-9H2,1-4H3,(H2,16,17,19)/t11?,12?,15-/m1/s1. The van der Waals surface area contributed by atoms with E-state index in [1.165, 1.54) is 4.57 Å².